The predicted octanol–water partition coefficient (Wildman–Crippen LogP) is 4.31. The van der Waals surface area contributed by atoms with Crippen LogP contribution in [0.1, 0.15) is 39.7 Å². The fourth-order valence-electron chi connectivity index (χ4n) is 3.95. The summed E-state index contributed by atoms with van der Waals surface area (Å²) in [7, 11) is 0. The summed E-state index contributed by atoms with van der Waals surface area (Å²) in [6.45, 7) is 6.71. The van der Waals surface area contributed by atoms with Crippen molar-refractivity contribution in [3.8, 4) is 0 Å². The zero-order valence-corrected chi connectivity index (χ0v) is 16.5. The highest BCUT2D eigenvalue weighted by atomic mass is 16.2. The molecule has 0 bridgehead atoms. The summed E-state index contributed by atoms with van der Waals surface area (Å²) in [5.74, 6) is -0.921. The number of carbonyl (C=O) groups excluding carboxylic acids is 2. The number of Topliss-reactive ketones (excluding diaryl/α,β-unsaturated/α-hetero) is 1. The Morgan fingerprint density at radius 1 is 1.00 bits per heavy atom. The monoisotopic (exact) mass is 372 g/mol. The maximum atomic E-state index is 13.1. The second-order valence-electron chi connectivity index (χ2n) is 7.63. The van der Waals surface area contributed by atoms with Crippen LogP contribution in [0.4, 0.5) is 5.69 Å². The molecule has 1 aliphatic rings. The summed E-state index contributed by atoms with van der Waals surface area (Å²) in [4.78, 5) is 27.8. The zero-order chi connectivity index (χ0) is 19.8. The van der Waals surface area contributed by atoms with Gasteiger partial charge in [-0.2, -0.15) is 0 Å². The number of anilines is 1. The Morgan fingerprint density at radius 2 is 1.79 bits per heavy atom. The van der Waals surface area contributed by atoms with Gasteiger partial charge >= 0.3 is 5.91 Å². The molecule has 142 valence electrons. The third-order valence-corrected chi connectivity index (χ3v) is 5.61. The first kappa shape index (κ1) is 18.2. The molecule has 0 fully saturated rings. The molecule has 4 rings (SSSR count). The molecule has 1 unspecified atom stereocenters. The first-order valence-electron chi connectivity index (χ1n) is 9.63. The van der Waals surface area contributed by atoms with Crippen molar-refractivity contribution in [2.75, 3.05) is 4.90 Å². The molecule has 28 heavy (non-hydrogen) atoms. The first-order chi connectivity index (χ1) is 13.5. The van der Waals surface area contributed by atoms with E-state index in [4.69, 9.17) is 0 Å². The van der Waals surface area contributed by atoms with Crippen LogP contribution in [-0.4, -0.2) is 22.3 Å². The highest BCUT2D eigenvalue weighted by Crippen LogP contribution is 2.32. The number of fused-ring (bicyclic) bond motifs is 1. The van der Waals surface area contributed by atoms with Gasteiger partial charge in [0.15, 0.2) is 0 Å². The van der Waals surface area contributed by atoms with Crippen LogP contribution < -0.4 is 4.90 Å². The molecular weight excluding hydrogens is 348 g/mol. The molecule has 0 saturated heterocycles. The molecule has 4 heteroatoms. The lowest BCUT2D eigenvalue weighted by Crippen LogP contribution is -2.41. The van der Waals surface area contributed by atoms with Gasteiger partial charge in [0, 0.05) is 24.5 Å². The number of rotatable bonds is 4. The Kier molecular flexibility index (Phi) is 4.63. The highest BCUT2D eigenvalue weighted by Gasteiger charge is 2.35. The summed E-state index contributed by atoms with van der Waals surface area (Å²) < 4.78 is 1.86. The number of hydrogen-bond acceptors (Lipinski definition) is 2. The number of amides is 1. The molecule has 0 radical (unpaired) electrons. The van der Waals surface area contributed by atoms with Gasteiger partial charge in [-0.25, -0.2) is 0 Å². The molecule has 2 aromatic carbocycles. The fourth-order valence-corrected chi connectivity index (χ4v) is 3.95. The summed E-state index contributed by atoms with van der Waals surface area (Å²) in [5, 5.41) is 0. The van der Waals surface area contributed by atoms with Crippen molar-refractivity contribution >= 4 is 17.4 Å². The van der Waals surface area contributed by atoms with Crippen LogP contribution in [0.2, 0.25) is 0 Å². The van der Waals surface area contributed by atoms with Crippen LogP contribution in [0.3, 0.4) is 0 Å². The van der Waals surface area contributed by atoms with Crippen molar-refractivity contribution in [2.45, 2.75) is 39.8 Å². The second-order valence-corrected chi connectivity index (χ2v) is 7.63. The van der Waals surface area contributed by atoms with E-state index in [0.717, 1.165) is 23.2 Å². The van der Waals surface area contributed by atoms with Crippen molar-refractivity contribution < 1.29 is 9.59 Å². The van der Waals surface area contributed by atoms with Gasteiger partial charge in [0.2, 0.25) is 0 Å². The molecule has 3 aromatic rings. The van der Waals surface area contributed by atoms with Gasteiger partial charge in [0.25, 0.3) is 5.78 Å². The van der Waals surface area contributed by atoms with Crippen LogP contribution >= 0.6 is 0 Å². The smallest absolute Gasteiger partial charge is 0.301 e. The van der Waals surface area contributed by atoms with E-state index in [2.05, 4.69) is 32.0 Å². The zero-order valence-electron chi connectivity index (χ0n) is 16.5. The van der Waals surface area contributed by atoms with Crippen molar-refractivity contribution in [1.29, 1.82) is 0 Å². The van der Waals surface area contributed by atoms with Crippen molar-refractivity contribution in [3.05, 3.63) is 88.7 Å². The Balaban J connectivity index is 1.60. The quantitative estimate of drug-likeness (QED) is 0.506. The summed E-state index contributed by atoms with van der Waals surface area (Å²) in [6, 6.07) is 17.6. The lowest BCUT2D eigenvalue weighted by molar-refractivity contribution is -0.115. The normalized spacial score (nSPS) is 15.5. The average Bonchev–Trinajstić information content (AvgIpc) is 3.26. The van der Waals surface area contributed by atoms with Gasteiger partial charge < -0.3 is 9.47 Å². The van der Waals surface area contributed by atoms with Crippen LogP contribution in [0.15, 0.2) is 60.8 Å². The molecule has 0 saturated carbocycles. The molecule has 2 heterocycles. The van der Waals surface area contributed by atoms with Gasteiger partial charge in [-0.3, -0.25) is 9.59 Å². The third kappa shape index (κ3) is 3.15. The molecule has 1 atom stereocenters. The standard InChI is InChI=1S/C24H24N2O2/c1-16-10-11-19(13-17(16)2)15-25-12-6-9-22(25)23(27)24(28)26-18(3)14-20-7-4-5-8-21(20)26/h4-13,18H,14-15H2,1-3H3. The predicted molar refractivity (Wildman–Crippen MR) is 111 cm³/mol. The number of benzene rings is 2. The lowest BCUT2D eigenvalue weighted by atomic mass is 10.1. The van der Waals surface area contributed by atoms with E-state index in [1.54, 1.807) is 11.0 Å². The molecular formula is C24H24N2O2. The maximum Gasteiger partial charge on any atom is 0.301 e. The number of nitrogens with zero attached hydrogens (tertiary/aromatic N) is 2. The van der Waals surface area contributed by atoms with E-state index in [0.29, 0.717) is 12.2 Å². The minimum Gasteiger partial charge on any atom is -0.340 e. The van der Waals surface area contributed by atoms with Gasteiger partial charge in [-0.05, 0) is 67.6 Å². The third-order valence-electron chi connectivity index (χ3n) is 5.61. The largest absolute Gasteiger partial charge is 0.340 e. The Hall–Kier alpha value is -3.14. The molecule has 0 aliphatic carbocycles. The van der Waals surface area contributed by atoms with Crippen LogP contribution in [-0.2, 0) is 17.8 Å². The number of aryl methyl sites for hydroxylation is 2. The minimum absolute atomic E-state index is 0.0167. The second kappa shape index (κ2) is 7.12. The van der Waals surface area contributed by atoms with E-state index in [9.17, 15) is 9.59 Å². The number of aromatic nitrogens is 1. The lowest BCUT2D eigenvalue weighted by Gasteiger charge is -2.22. The minimum atomic E-state index is -0.461. The van der Waals surface area contributed by atoms with Gasteiger partial charge in [0.05, 0.1) is 5.69 Å². The molecule has 1 aliphatic heterocycles. The molecule has 0 spiro atoms. The summed E-state index contributed by atoms with van der Waals surface area (Å²) in [5.41, 5.74) is 5.96. The SMILES string of the molecule is Cc1ccc(Cn2cccc2C(=O)C(=O)N2c3ccccc3CC2C)cc1C. The molecule has 4 nitrogen and oxygen atoms in total. The first-order valence-corrected chi connectivity index (χ1v) is 9.63. The van der Waals surface area contributed by atoms with Gasteiger partial charge in [-0.15, -0.1) is 0 Å². The Labute approximate surface area is 165 Å². The maximum absolute atomic E-state index is 13.1. The van der Waals surface area contributed by atoms with Gasteiger partial charge in [0.1, 0.15) is 0 Å². The Bertz CT molecular complexity index is 1060. The number of para-hydroxylation sites is 1. The average molecular weight is 372 g/mol. The number of ketones is 1. The molecule has 0 N–H and O–H groups in total. The van der Waals surface area contributed by atoms with Gasteiger partial charge in [-0.1, -0.05) is 36.4 Å². The van der Waals surface area contributed by atoms with Crippen LogP contribution in [0.5, 0.6) is 0 Å². The van der Waals surface area contributed by atoms with Crippen LogP contribution in [0, 0.1) is 13.8 Å². The number of carbonyl (C=O) groups is 2. The van der Waals surface area contributed by atoms with E-state index in [-0.39, 0.29) is 6.04 Å². The highest BCUT2D eigenvalue weighted by molar-refractivity contribution is 6.47. The van der Waals surface area contributed by atoms with E-state index >= 15 is 0 Å². The summed E-state index contributed by atoms with van der Waals surface area (Å²) >= 11 is 0. The van der Waals surface area contributed by atoms with E-state index in [1.807, 2.05) is 48.0 Å². The van der Waals surface area contributed by atoms with Crippen molar-refractivity contribution in [3.63, 3.8) is 0 Å². The van der Waals surface area contributed by atoms with E-state index in [1.165, 1.54) is 11.1 Å². The van der Waals surface area contributed by atoms with E-state index < -0.39 is 11.7 Å². The summed E-state index contributed by atoms with van der Waals surface area (Å²) in [6.07, 6.45) is 2.63. The Morgan fingerprint density at radius 3 is 2.57 bits per heavy atom. The number of hydrogen-bond donors (Lipinski definition) is 0. The molecule has 1 aromatic heterocycles. The van der Waals surface area contributed by atoms with Crippen LogP contribution in [0.25, 0.3) is 0 Å². The fraction of sp³-hybridized carbons (Fsp3) is 0.250. The van der Waals surface area contributed by atoms with Crippen molar-refractivity contribution in [2.24, 2.45) is 0 Å². The topological polar surface area (TPSA) is 42.3 Å². The van der Waals surface area contributed by atoms with Crippen molar-refractivity contribution in [1.82, 2.24) is 4.57 Å². The molecule has 1 amide bonds.